The minimum atomic E-state index is -0.423. The number of H-pyrrole nitrogens is 1. The fourth-order valence-electron chi connectivity index (χ4n) is 3.55. The first-order valence-electron chi connectivity index (χ1n) is 9.04. The molecule has 2 N–H and O–H groups in total. The van der Waals surface area contributed by atoms with E-state index in [1.54, 1.807) is 23.6 Å². The molecule has 30 heavy (non-hydrogen) atoms. The van der Waals surface area contributed by atoms with E-state index in [9.17, 15) is 10.1 Å². The predicted octanol–water partition coefficient (Wildman–Crippen LogP) is 5.76. The number of benzene rings is 2. The van der Waals surface area contributed by atoms with Crippen LogP contribution in [0.5, 0.6) is 0 Å². The molecular weight excluding hydrogens is 422 g/mol. The van der Waals surface area contributed by atoms with E-state index < -0.39 is 4.92 Å². The van der Waals surface area contributed by atoms with Gasteiger partial charge in [0.2, 0.25) is 0 Å². The number of nitro groups is 1. The molecule has 148 valence electrons. The number of fused-ring (bicyclic) bond motifs is 3. The van der Waals surface area contributed by atoms with Crippen LogP contribution in [-0.4, -0.2) is 20.8 Å². The maximum atomic E-state index is 11.8. The third kappa shape index (κ3) is 2.89. The summed E-state index contributed by atoms with van der Waals surface area (Å²) in [6, 6.07) is 10.9. The zero-order chi connectivity index (χ0) is 20.8. The van der Waals surface area contributed by atoms with Crippen LogP contribution in [0.1, 0.15) is 21.6 Å². The minimum Gasteiger partial charge on any atom is -0.359 e. The van der Waals surface area contributed by atoms with E-state index in [0.717, 1.165) is 16.1 Å². The Bertz CT molecular complexity index is 1390. The minimum absolute atomic E-state index is 0.0708. The maximum absolute atomic E-state index is 11.8. The van der Waals surface area contributed by atoms with Crippen molar-refractivity contribution in [3.63, 3.8) is 0 Å². The molecule has 0 amide bonds. The summed E-state index contributed by atoms with van der Waals surface area (Å²) in [6.07, 6.45) is 3.40. The maximum Gasteiger partial charge on any atom is 0.295 e. The highest BCUT2D eigenvalue weighted by Crippen LogP contribution is 2.39. The second-order valence-corrected chi connectivity index (χ2v) is 8.10. The Labute approximate surface area is 179 Å². The predicted molar refractivity (Wildman–Crippen MR) is 120 cm³/mol. The van der Waals surface area contributed by atoms with Crippen LogP contribution in [0.15, 0.2) is 59.2 Å². The molecule has 0 aliphatic carbocycles. The second kappa shape index (κ2) is 7.08. The summed E-state index contributed by atoms with van der Waals surface area (Å²) in [4.78, 5) is 17.3. The van der Waals surface area contributed by atoms with Crippen LogP contribution in [0.25, 0.3) is 16.6 Å². The number of aliphatic imine (C=N–C) groups is 1. The highest BCUT2D eigenvalue weighted by Gasteiger charge is 2.26. The van der Waals surface area contributed by atoms with E-state index in [0.29, 0.717) is 38.5 Å². The molecule has 9 heteroatoms. The molecule has 0 bridgehead atoms. The number of anilines is 1. The summed E-state index contributed by atoms with van der Waals surface area (Å²) in [5.74, 6) is 0. The lowest BCUT2D eigenvalue weighted by atomic mass is 9.97. The van der Waals surface area contributed by atoms with Crippen molar-refractivity contribution in [1.29, 1.82) is 0 Å². The van der Waals surface area contributed by atoms with Gasteiger partial charge in [0, 0.05) is 28.4 Å². The molecule has 1 aliphatic rings. The summed E-state index contributed by atoms with van der Waals surface area (Å²) in [7, 11) is 0. The van der Waals surface area contributed by atoms with Crippen LogP contribution in [0.2, 0.25) is 5.02 Å². The van der Waals surface area contributed by atoms with Crippen molar-refractivity contribution < 1.29 is 4.92 Å². The molecule has 7 nitrogen and oxygen atoms in total. The Morgan fingerprint density at radius 1 is 1.20 bits per heavy atom. The summed E-state index contributed by atoms with van der Waals surface area (Å²) in [5, 5.41) is 25.0. The third-order valence-corrected chi connectivity index (χ3v) is 6.34. The van der Waals surface area contributed by atoms with Gasteiger partial charge in [-0.25, -0.2) is 4.99 Å². The molecule has 0 atom stereocenters. The zero-order valence-corrected chi connectivity index (χ0v) is 17.2. The van der Waals surface area contributed by atoms with Crippen LogP contribution >= 0.6 is 22.9 Å². The molecule has 2 aromatic heterocycles. The summed E-state index contributed by atoms with van der Waals surface area (Å²) in [6.45, 7) is 2.02. The number of nitrogens with zero attached hydrogens (tertiary/aromatic N) is 3. The highest BCUT2D eigenvalue weighted by molar-refractivity contribution is 7.11. The number of thiophene rings is 1. The van der Waals surface area contributed by atoms with Crippen LogP contribution in [0, 0.1) is 17.0 Å². The number of hydrogen-bond acceptors (Lipinski definition) is 6. The number of hydrogen-bond donors (Lipinski definition) is 2. The van der Waals surface area contributed by atoms with Crippen molar-refractivity contribution >= 4 is 56.6 Å². The number of non-ortho nitro benzene ring substituents is 1. The van der Waals surface area contributed by atoms with Gasteiger partial charge in [-0.15, -0.1) is 11.3 Å². The van der Waals surface area contributed by atoms with E-state index in [4.69, 9.17) is 16.6 Å². The molecule has 2 aromatic carbocycles. The normalized spacial score (nSPS) is 13.3. The van der Waals surface area contributed by atoms with Crippen molar-refractivity contribution in [1.82, 2.24) is 10.2 Å². The van der Waals surface area contributed by atoms with Gasteiger partial charge in [-0.3, -0.25) is 15.2 Å². The third-order valence-electron chi connectivity index (χ3n) is 4.98. The molecule has 0 unspecified atom stereocenters. The zero-order valence-electron chi connectivity index (χ0n) is 15.6. The van der Waals surface area contributed by atoms with Crippen LogP contribution in [-0.2, 0) is 0 Å². The van der Waals surface area contributed by atoms with Crippen molar-refractivity contribution in [2.24, 2.45) is 4.99 Å². The lowest BCUT2D eigenvalue weighted by Gasteiger charge is -2.12. The Hall–Kier alpha value is -3.49. The molecule has 3 heterocycles. The van der Waals surface area contributed by atoms with Gasteiger partial charge >= 0.3 is 0 Å². The van der Waals surface area contributed by atoms with Gasteiger partial charge in [-0.05, 0) is 30.0 Å². The standard InChI is InChI=1S/C21H14ClN5O2S/c1-11-6-7-30-21(11)16-10-23-18-13(19(25-16)12-4-2-3-5-15(12)22)8-17(27(28)29)20-14(18)9-24-26-20/h2-10,23H,1H3,(H,24,26). The van der Waals surface area contributed by atoms with Crippen LogP contribution in [0.3, 0.4) is 0 Å². The highest BCUT2D eigenvalue weighted by atomic mass is 35.5. The number of aromatic nitrogens is 2. The van der Waals surface area contributed by atoms with E-state index in [1.807, 2.05) is 42.8 Å². The largest absolute Gasteiger partial charge is 0.359 e. The molecule has 1 aliphatic heterocycles. The lowest BCUT2D eigenvalue weighted by molar-refractivity contribution is -0.383. The first kappa shape index (κ1) is 18.5. The Balaban J connectivity index is 1.86. The van der Waals surface area contributed by atoms with Gasteiger partial charge in [0.25, 0.3) is 5.69 Å². The monoisotopic (exact) mass is 435 g/mol. The molecule has 0 saturated heterocycles. The van der Waals surface area contributed by atoms with Crippen molar-refractivity contribution in [2.45, 2.75) is 6.92 Å². The Morgan fingerprint density at radius 2 is 2.03 bits per heavy atom. The van der Waals surface area contributed by atoms with E-state index in [-0.39, 0.29) is 5.69 Å². The summed E-state index contributed by atoms with van der Waals surface area (Å²) < 4.78 is 0. The summed E-state index contributed by atoms with van der Waals surface area (Å²) in [5.41, 5.74) is 4.64. The first-order valence-corrected chi connectivity index (χ1v) is 10.3. The lowest BCUT2D eigenvalue weighted by Crippen LogP contribution is -2.07. The number of aryl methyl sites for hydroxylation is 1. The summed E-state index contributed by atoms with van der Waals surface area (Å²) >= 11 is 8.09. The fourth-order valence-corrected chi connectivity index (χ4v) is 4.66. The number of rotatable bonds is 3. The number of nitrogens with one attached hydrogen (secondary N) is 2. The van der Waals surface area contributed by atoms with E-state index in [1.165, 1.54) is 6.07 Å². The van der Waals surface area contributed by atoms with Crippen LogP contribution < -0.4 is 5.32 Å². The van der Waals surface area contributed by atoms with E-state index in [2.05, 4.69) is 15.5 Å². The smallest absolute Gasteiger partial charge is 0.295 e. The molecular formula is C21H14ClN5O2S. The van der Waals surface area contributed by atoms with Gasteiger partial charge in [-0.2, -0.15) is 5.10 Å². The molecule has 0 saturated carbocycles. The molecule has 0 fully saturated rings. The van der Waals surface area contributed by atoms with Gasteiger partial charge in [-0.1, -0.05) is 29.8 Å². The van der Waals surface area contributed by atoms with Crippen LogP contribution in [0.4, 0.5) is 11.4 Å². The van der Waals surface area contributed by atoms with Crippen molar-refractivity contribution in [3.05, 3.63) is 90.9 Å². The van der Waals surface area contributed by atoms with Crippen molar-refractivity contribution in [2.75, 3.05) is 5.32 Å². The first-order chi connectivity index (χ1) is 14.5. The number of halogens is 1. The van der Waals surface area contributed by atoms with Gasteiger partial charge < -0.3 is 5.32 Å². The van der Waals surface area contributed by atoms with E-state index >= 15 is 0 Å². The second-order valence-electron chi connectivity index (χ2n) is 6.78. The molecule has 0 spiro atoms. The average Bonchev–Trinajstić information content (AvgIpc) is 3.34. The van der Waals surface area contributed by atoms with Crippen molar-refractivity contribution in [3.8, 4) is 0 Å². The van der Waals surface area contributed by atoms with Gasteiger partial charge in [0.1, 0.15) is 5.52 Å². The number of nitro benzene ring substituents is 1. The molecule has 0 radical (unpaired) electrons. The number of aromatic amines is 1. The average molecular weight is 436 g/mol. The SMILES string of the molecule is Cc1ccsc1C1=CNc2c(cc([N+](=O)[O-])c3[nH]ncc23)C(c2ccccc2Cl)=N1. The fraction of sp³-hybridized carbons (Fsp3) is 0.0476. The van der Waals surface area contributed by atoms with Gasteiger partial charge in [0.15, 0.2) is 0 Å². The topological polar surface area (TPSA) is 96.2 Å². The Kier molecular flexibility index (Phi) is 4.38. The molecule has 5 rings (SSSR count). The Morgan fingerprint density at radius 3 is 2.77 bits per heavy atom. The van der Waals surface area contributed by atoms with Gasteiger partial charge in [0.05, 0.1) is 38.5 Å². The molecule has 4 aromatic rings. The quantitative estimate of drug-likeness (QED) is 0.316.